The highest BCUT2D eigenvalue weighted by molar-refractivity contribution is 7.99. The minimum atomic E-state index is -0.238. The number of anilines is 1. The second kappa shape index (κ2) is 5.18. The van der Waals surface area contributed by atoms with Gasteiger partial charge in [-0.05, 0) is 36.9 Å². The van der Waals surface area contributed by atoms with Crippen LogP contribution < -0.4 is 16.2 Å². The van der Waals surface area contributed by atoms with Crippen LogP contribution in [0.4, 0.5) is 5.69 Å². The van der Waals surface area contributed by atoms with E-state index in [1.807, 2.05) is 19.1 Å². The van der Waals surface area contributed by atoms with E-state index in [-0.39, 0.29) is 5.69 Å². The molecule has 0 fully saturated rings. The van der Waals surface area contributed by atoms with E-state index in [1.165, 1.54) is 16.3 Å². The first-order chi connectivity index (χ1) is 8.61. The number of nitrogens with zero attached hydrogens (tertiary/aromatic N) is 2. The van der Waals surface area contributed by atoms with Crippen molar-refractivity contribution in [1.29, 1.82) is 0 Å². The maximum Gasteiger partial charge on any atom is 0.343 e. The molecule has 0 unspecified atom stereocenters. The highest BCUT2D eigenvalue weighted by Gasteiger charge is 2.08. The number of H-pyrrole nitrogens is 1. The van der Waals surface area contributed by atoms with Crippen LogP contribution in [0.15, 0.2) is 33.0 Å². The second-order valence-corrected chi connectivity index (χ2v) is 4.65. The van der Waals surface area contributed by atoms with Crippen LogP contribution in [0.3, 0.4) is 0 Å². The smallest absolute Gasteiger partial charge is 0.343 e. The molecule has 2 aromatic rings. The van der Waals surface area contributed by atoms with Crippen molar-refractivity contribution in [2.75, 3.05) is 12.3 Å². The van der Waals surface area contributed by atoms with Crippen LogP contribution in [0.5, 0.6) is 5.75 Å². The molecular formula is C11H14N4O2S. The molecule has 1 heterocycles. The third-order valence-electron chi connectivity index (χ3n) is 2.33. The predicted octanol–water partition coefficient (Wildman–Crippen LogP) is 1.24. The summed E-state index contributed by atoms with van der Waals surface area (Å²) in [7, 11) is 1.66. The number of rotatable bonds is 4. The summed E-state index contributed by atoms with van der Waals surface area (Å²) >= 11 is 1.37. The second-order valence-electron chi connectivity index (χ2n) is 3.61. The van der Waals surface area contributed by atoms with Crippen LogP contribution in [0.25, 0.3) is 0 Å². The Morgan fingerprint density at radius 2 is 2.33 bits per heavy atom. The molecule has 1 aromatic carbocycles. The summed E-state index contributed by atoms with van der Waals surface area (Å²) in [4.78, 5) is 12.2. The standard InChI is InChI=1S/C11H14N4O2S/c1-3-17-9-6-7(4-5-8(9)12)18-11-14-13-10(16)15(11)2/h4-6H,3,12H2,1-2H3,(H,13,16). The molecule has 0 aliphatic rings. The zero-order chi connectivity index (χ0) is 13.1. The van der Waals surface area contributed by atoms with Crippen molar-refractivity contribution in [3.63, 3.8) is 0 Å². The molecule has 18 heavy (non-hydrogen) atoms. The first kappa shape index (κ1) is 12.6. The van der Waals surface area contributed by atoms with E-state index in [0.29, 0.717) is 23.2 Å². The van der Waals surface area contributed by atoms with Crippen molar-refractivity contribution in [3.05, 3.63) is 28.7 Å². The maximum atomic E-state index is 11.2. The van der Waals surface area contributed by atoms with Gasteiger partial charge in [-0.25, -0.2) is 9.89 Å². The van der Waals surface area contributed by atoms with Crippen LogP contribution in [-0.2, 0) is 7.05 Å². The molecule has 7 heteroatoms. The number of nitrogen functional groups attached to an aromatic ring is 1. The van der Waals surface area contributed by atoms with Crippen LogP contribution in [0.1, 0.15) is 6.92 Å². The van der Waals surface area contributed by atoms with Gasteiger partial charge in [-0.2, -0.15) is 0 Å². The molecule has 0 spiro atoms. The lowest BCUT2D eigenvalue weighted by Gasteiger charge is -2.08. The molecule has 0 aliphatic carbocycles. The van der Waals surface area contributed by atoms with Crippen molar-refractivity contribution in [1.82, 2.24) is 14.8 Å². The van der Waals surface area contributed by atoms with Gasteiger partial charge < -0.3 is 10.5 Å². The van der Waals surface area contributed by atoms with Crippen molar-refractivity contribution in [2.24, 2.45) is 7.05 Å². The molecule has 0 saturated heterocycles. The summed E-state index contributed by atoms with van der Waals surface area (Å²) < 4.78 is 6.86. The van der Waals surface area contributed by atoms with Crippen molar-refractivity contribution in [2.45, 2.75) is 17.0 Å². The van der Waals surface area contributed by atoms with E-state index < -0.39 is 0 Å². The van der Waals surface area contributed by atoms with Crippen molar-refractivity contribution in [3.8, 4) is 5.75 Å². The largest absolute Gasteiger partial charge is 0.492 e. The molecule has 0 bridgehead atoms. The lowest BCUT2D eigenvalue weighted by molar-refractivity contribution is 0.341. The average molecular weight is 266 g/mol. The summed E-state index contributed by atoms with van der Waals surface area (Å²) in [5.41, 5.74) is 6.15. The molecule has 2 rings (SSSR count). The molecule has 6 nitrogen and oxygen atoms in total. The Morgan fingerprint density at radius 1 is 1.56 bits per heavy atom. The minimum absolute atomic E-state index is 0.238. The van der Waals surface area contributed by atoms with E-state index in [2.05, 4.69) is 10.2 Å². The zero-order valence-corrected chi connectivity index (χ0v) is 11.0. The van der Waals surface area contributed by atoms with E-state index in [9.17, 15) is 4.79 Å². The fourth-order valence-corrected chi connectivity index (χ4v) is 2.21. The lowest BCUT2D eigenvalue weighted by Crippen LogP contribution is -2.12. The Labute approximate surface area is 108 Å². The van der Waals surface area contributed by atoms with Gasteiger partial charge in [0.1, 0.15) is 5.75 Å². The first-order valence-electron chi connectivity index (χ1n) is 5.43. The lowest BCUT2D eigenvalue weighted by atomic mass is 10.3. The van der Waals surface area contributed by atoms with Gasteiger partial charge in [-0.3, -0.25) is 4.57 Å². The Hall–Kier alpha value is -1.89. The van der Waals surface area contributed by atoms with Crippen molar-refractivity contribution >= 4 is 17.4 Å². The number of aromatic nitrogens is 3. The molecule has 0 aliphatic heterocycles. The molecule has 0 amide bonds. The Morgan fingerprint density at radius 3 is 2.94 bits per heavy atom. The molecule has 0 saturated carbocycles. The molecular weight excluding hydrogens is 252 g/mol. The number of nitrogens with two attached hydrogens (primary N) is 1. The van der Waals surface area contributed by atoms with Gasteiger partial charge in [0.15, 0.2) is 5.16 Å². The Balaban J connectivity index is 2.27. The molecule has 0 radical (unpaired) electrons. The quantitative estimate of drug-likeness (QED) is 0.813. The fraction of sp³-hybridized carbons (Fsp3) is 0.273. The van der Waals surface area contributed by atoms with E-state index in [4.69, 9.17) is 10.5 Å². The number of benzene rings is 1. The topological polar surface area (TPSA) is 85.9 Å². The Bertz CT molecular complexity index is 605. The highest BCUT2D eigenvalue weighted by atomic mass is 32.2. The molecule has 3 N–H and O–H groups in total. The average Bonchev–Trinajstić information content (AvgIpc) is 2.66. The highest BCUT2D eigenvalue weighted by Crippen LogP contribution is 2.31. The number of hydrogen-bond donors (Lipinski definition) is 2. The minimum Gasteiger partial charge on any atom is -0.492 e. The van der Waals surface area contributed by atoms with Crippen LogP contribution in [0.2, 0.25) is 0 Å². The SMILES string of the molecule is CCOc1cc(Sc2n[nH]c(=O)n2C)ccc1N. The summed E-state index contributed by atoms with van der Waals surface area (Å²) in [5.74, 6) is 0.642. The number of ether oxygens (including phenoxy) is 1. The van der Waals surface area contributed by atoms with Gasteiger partial charge in [-0.1, -0.05) is 0 Å². The van der Waals surface area contributed by atoms with Gasteiger partial charge in [0.25, 0.3) is 0 Å². The number of aromatic amines is 1. The molecule has 0 atom stereocenters. The third-order valence-corrected chi connectivity index (χ3v) is 3.37. The van der Waals surface area contributed by atoms with Crippen LogP contribution in [-0.4, -0.2) is 21.4 Å². The molecule has 1 aromatic heterocycles. The van der Waals surface area contributed by atoms with Gasteiger partial charge in [-0.15, -0.1) is 5.10 Å². The number of nitrogens with one attached hydrogen (secondary N) is 1. The third kappa shape index (κ3) is 2.51. The first-order valence-corrected chi connectivity index (χ1v) is 6.25. The fourth-order valence-electron chi connectivity index (χ4n) is 1.39. The number of hydrogen-bond acceptors (Lipinski definition) is 5. The van der Waals surface area contributed by atoms with E-state index >= 15 is 0 Å². The summed E-state index contributed by atoms with van der Waals surface area (Å²) in [6.45, 7) is 2.45. The van der Waals surface area contributed by atoms with Gasteiger partial charge in [0.2, 0.25) is 0 Å². The maximum absolute atomic E-state index is 11.2. The molecule has 96 valence electrons. The zero-order valence-electron chi connectivity index (χ0n) is 10.1. The summed E-state index contributed by atoms with van der Waals surface area (Å²) in [5, 5.41) is 6.90. The Kier molecular flexibility index (Phi) is 3.61. The summed E-state index contributed by atoms with van der Waals surface area (Å²) in [6.07, 6.45) is 0. The van der Waals surface area contributed by atoms with Gasteiger partial charge in [0, 0.05) is 11.9 Å². The van der Waals surface area contributed by atoms with E-state index in [0.717, 1.165) is 4.90 Å². The van der Waals surface area contributed by atoms with Gasteiger partial charge >= 0.3 is 5.69 Å². The van der Waals surface area contributed by atoms with Gasteiger partial charge in [0.05, 0.1) is 12.3 Å². The van der Waals surface area contributed by atoms with E-state index in [1.54, 1.807) is 13.1 Å². The van der Waals surface area contributed by atoms with Crippen LogP contribution >= 0.6 is 11.8 Å². The van der Waals surface area contributed by atoms with Crippen molar-refractivity contribution < 1.29 is 4.74 Å². The normalized spacial score (nSPS) is 10.6. The van der Waals surface area contributed by atoms with Crippen LogP contribution in [0, 0.1) is 0 Å². The summed E-state index contributed by atoms with van der Waals surface area (Å²) in [6, 6.07) is 5.47. The monoisotopic (exact) mass is 266 g/mol. The predicted molar refractivity (Wildman–Crippen MR) is 70.0 cm³/mol.